The van der Waals surface area contributed by atoms with Crippen LogP contribution in [0, 0.1) is 0 Å². The summed E-state index contributed by atoms with van der Waals surface area (Å²) in [5.74, 6) is 0.534. The Balaban J connectivity index is 2.11. The summed E-state index contributed by atoms with van der Waals surface area (Å²) in [5.41, 5.74) is 0. The van der Waals surface area contributed by atoms with Gasteiger partial charge < -0.3 is 10.2 Å². The van der Waals surface area contributed by atoms with Gasteiger partial charge in [-0.25, -0.2) is 8.78 Å². The smallest absolute Gasteiger partial charge is 0.255 e. The highest BCUT2D eigenvalue weighted by molar-refractivity contribution is 6.28. The van der Waals surface area contributed by atoms with E-state index in [1.54, 1.807) is 0 Å². The first-order valence-corrected chi connectivity index (χ1v) is 5.71. The first-order valence-electron chi connectivity index (χ1n) is 5.33. The Kier molecular flexibility index (Phi) is 3.88. The van der Waals surface area contributed by atoms with E-state index in [1.165, 1.54) is 0 Å². The summed E-state index contributed by atoms with van der Waals surface area (Å²) in [6.07, 6.45) is -0.313. The van der Waals surface area contributed by atoms with E-state index in [2.05, 4.69) is 20.3 Å². The number of nitrogens with zero attached hydrogens (tertiary/aromatic N) is 4. The normalized spacial score (nSPS) is 15.6. The maximum Gasteiger partial charge on any atom is 0.255 e. The van der Waals surface area contributed by atoms with E-state index in [4.69, 9.17) is 11.6 Å². The van der Waals surface area contributed by atoms with Gasteiger partial charge in [0, 0.05) is 13.1 Å². The van der Waals surface area contributed by atoms with Crippen molar-refractivity contribution in [2.24, 2.45) is 0 Å². The molecule has 8 heteroatoms. The molecule has 2 rings (SSSR count). The third-order valence-electron chi connectivity index (χ3n) is 2.40. The van der Waals surface area contributed by atoms with Crippen LogP contribution in [0.5, 0.6) is 0 Å². The van der Waals surface area contributed by atoms with E-state index in [9.17, 15) is 8.78 Å². The summed E-state index contributed by atoms with van der Waals surface area (Å²) in [5, 5.41) is 2.44. The highest BCUT2D eigenvalue weighted by Crippen LogP contribution is 2.18. The molecule has 0 amide bonds. The molecule has 94 valence electrons. The summed E-state index contributed by atoms with van der Waals surface area (Å²) in [6, 6.07) is 0. The quantitative estimate of drug-likeness (QED) is 0.898. The number of hydrogen-bond donors (Lipinski definition) is 1. The van der Waals surface area contributed by atoms with Gasteiger partial charge in [-0.3, -0.25) is 0 Å². The number of aromatic nitrogens is 3. The lowest BCUT2D eigenvalue weighted by molar-refractivity contribution is 0.163. The van der Waals surface area contributed by atoms with Gasteiger partial charge in [-0.2, -0.15) is 15.0 Å². The summed E-state index contributed by atoms with van der Waals surface area (Å²) < 4.78 is 24.1. The van der Waals surface area contributed by atoms with Crippen molar-refractivity contribution in [3.05, 3.63) is 5.28 Å². The Hall–Kier alpha value is -1.24. The van der Waals surface area contributed by atoms with Gasteiger partial charge in [0.1, 0.15) is 0 Å². The average Bonchev–Trinajstić information content (AvgIpc) is 2.79. The van der Waals surface area contributed by atoms with Crippen LogP contribution in [0.4, 0.5) is 20.7 Å². The molecule has 1 aromatic rings. The lowest BCUT2D eigenvalue weighted by Crippen LogP contribution is -2.22. The molecule has 1 aliphatic heterocycles. The molecule has 0 atom stereocenters. The SMILES string of the molecule is FC(F)CNc1nc(Cl)nc(N2CCCC2)n1. The molecule has 1 aliphatic rings. The molecule has 1 N–H and O–H groups in total. The molecular formula is C9H12ClF2N5. The Morgan fingerprint density at radius 2 is 1.94 bits per heavy atom. The molecule has 2 heterocycles. The van der Waals surface area contributed by atoms with Crippen LogP contribution in [0.2, 0.25) is 5.28 Å². The first-order chi connectivity index (χ1) is 8.15. The van der Waals surface area contributed by atoms with Gasteiger partial charge in [0.05, 0.1) is 6.54 Å². The third-order valence-corrected chi connectivity index (χ3v) is 2.57. The Labute approximate surface area is 102 Å². The molecule has 0 saturated carbocycles. The molecule has 0 radical (unpaired) electrons. The largest absolute Gasteiger partial charge is 0.348 e. The number of anilines is 2. The second kappa shape index (κ2) is 5.39. The molecule has 0 unspecified atom stereocenters. The van der Waals surface area contributed by atoms with Crippen molar-refractivity contribution >= 4 is 23.5 Å². The van der Waals surface area contributed by atoms with Crippen LogP contribution >= 0.6 is 11.6 Å². The molecule has 0 aliphatic carbocycles. The van der Waals surface area contributed by atoms with Gasteiger partial charge in [-0.1, -0.05) is 0 Å². The van der Waals surface area contributed by atoms with Crippen molar-refractivity contribution < 1.29 is 8.78 Å². The van der Waals surface area contributed by atoms with Crippen molar-refractivity contribution in [3.63, 3.8) is 0 Å². The molecule has 1 fully saturated rings. The molecule has 1 aromatic heterocycles. The maximum absolute atomic E-state index is 12.0. The fraction of sp³-hybridized carbons (Fsp3) is 0.667. The fourth-order valence-electron chi connectivity index (χ4n) is 1.65. The zero-order chi connectivity index (χ0) is 12.3. The van der Waals surface area contributed by atoms with Crippen LogP contribution in [0.3, 0.4) is 0 Å². The Morgan fingerprint density at radius 1 is 1.24 bits per heavy atom. The summed E-state index contributed by atoms with van der Waals surface area (Å²) >= 11 is 5.73. The molecule has 0 aromatic carbocycles. The number of halogens is 3. The summed E-state index contributed by atoms with van der Waals surface area (Å²) in [6.45, 7) is 1.21. The van der Waals surface area contributed by atoms with E-state index in [-0.39, 0.29) is 11.2 Å². The second-order valence-corrected chi connectivity index (χ2v) is 4.03. The van der Waals surface area contributed by atoms with Crippen LogP contribution in [0.15, 0.2) is 0 Å². The van der Waals surface area contributed by atoms with Crippen LogP contribution in [0.25, 0.3) is 0 Å². The number of hydrogen-bond acceptors (Lipinski definition) is 5. The van der Waals surface area contributed by atoms with E-state index < -0.39 is 13.0 Å². The topological polar surface area (TPSA) is 53.9 Å². The lowest BCUT2D eigenvalue weighted by Gasteiger charge is -2.15. The van der Waals surface area contributed by atoms with Crippen molar-refractivity contribution in [2.75, 3.05) is 29.9 Å². The first kappa shape index (κ1) is 12.2. The van der Waals surface area contributed by atoms with Crippen LogP contribution in [-0.2, 0) is 0 Å². The standard InChI is InChI=1S/C9H12ClF2N5/c10-7-14-8(13-5-6(11)12)16-9(15-7)17-3-1-2-4-17/h6H,1-5H2,(H,13,14,15,16). The third kappa shape index (κ3) is 3.36. The maximum atomic E-state index is 12.0. The van der Waals surface area contributed by atoms with Crippen molar-refractivity contribution in [1.29, 1.82) is 0 Å². The van der Waals surface area contributed by atoms with Crippen LogP contribution < -0.4 is 10.2 Å². The monoisotopic (exact) mass is 263 g/mol. The van der Waals surface area contributed by atoms with Gasteiger partial charge in [0.15, 0.2) is 0 Å². The zero-order valence-electron chi connectivity index (χ0n) is 9.04. The van der Waals surface area contributed by atoms with E-state index in [0.717, 1.165) is 25.9 Å². The van der Waals surface area contributed by atoms with Crippen molar-refractivity contribution in [3.8, 4) is 0 Å². The van der Waals surface area contributed by atoms with E-state index in [0.29, 0.717) is 5.95 Å². The molecule has 5 nitrogen and oxygen atoms in total. The number of rotatable bonds is 4. The molecular weight excluding hydrogens is 252 g/mol. The van der Waals surface area contributed by atoms with Gasteiger partial charge in [0.25, 0.3) is 6.43 Å². The zero-order valence-corrected chi connectivity index (χ0v) is 9.79. The predicted molar refractivity (Wildman–Crippen MR) is 60.8 cm³/mol. The minimum Gasteiger partial charge on any atom is -0.348 e. The molecule has 0 bridgehead atoms. The molecule has 0 spiro atoms. The molecule has 1 saturated heterocycles. The minimum absolute atomic E-state index is 0.0127. The van der Waals surface area contributed by atoms with E-state index >= 15 is 0 Å². The van der Waals surface area contributed by atoms with Gasteiger partial charge in [-0.15, -0.1) is 0 Å². The van der Waals surface area contributed by atoms with Gasteiger partial charge in [0.2, 0.25) is 17.2 Å². The summed E-state index contributed by atoms with van der Waals surface area (Å²) in [4.78, 5) is 13.8. The number of nitrogens with one attached hydrogen (secondary N) is 1. The average molecular weight is 264 g/mol. The van der Waals surface area contributed by atoms with Crippen LogP contribution in [0.1, 0.15) is 12.8 Å². The van der Waals surface area contributed by atoms with Crippen molar-refractivity contribution in [2.45, 2.75) is 19.3 Å². The second-order valence-electron chi connectivity index (χ2n) is 3.69. The Morgan fingerprint density at radius 3 is 2.59 bits per heavy atom. The Bertz CT molecular complexity index is 384. The minimum atomic E-state index is -2.46. The van der Waals surface area contributed by atoms with Gasteiger partial charge in [-0.05, 0) is 24.4 Å². The van der Waals surface area contributed by atoms with E-state index in [1.807, 2.05) is 4.90 Å². The molecule has 17 heavy (non-hydrogen) atoms. The number of alkyl halides is 2. The fourth-order valence-corrected chi connectivity index (χ4v) is 1.80. The predicted octanol–water partition coefficient (Wildman–Crippen LogP) is 1.80. The highest BCUT2D eigenvalue weighted by atomic mass is 35.5. The van der Waals surface area contributed by atoms with Crippen LogP contribution in [-0.4, -0.2) is 41.0 Å². The highest BCUT2D eigenvalue weighted by Gasteiger charge is 2.17. The van der Waals surface area contributed by atoms with Crippen molar-refractivity contribution in [1.82, 2.24) is 15.0 Å². The summed E-state index contributed by atoms with van der Waals surface area (Å²) in [7, 11) is 0. The lowest BCUT2D eigenvalue weighted by atomic mass is 10.4. The van der Waals surface area contributed by atoms with Gasteiger partial charge >= 0.3 is 0 Å².